The quantitative estimate of drug-likeness (QED) is 0.409. The van der Waals surface area contributed by atoms with Crippen molar-refractivity contribution in [3.05, 3.63) is 83.7 Å². The third kappa shape index (κ3) is 5.48. The van der Waals surface area contributed by atoms with Crippen LogP contribution in [0.2, 0.25) is 0 Å². The van der Waals surface area contributed by atoms with E-state index in [-0.39, 0.29) is 11.3 Å². The summed E-state index contributed by atoms with van der Waals surface area (Å²) in [7, 11) is 1.78. The van der Waals surface area contributed by atoms with E-state index in [9.17, 15) is 18.0 Å². The third-order valence-corrected chi connectivity index (χ3v) is 4.56. The van der Waals surface area contributed by atoms with Crippen molar-refractivity contribution in [3.63, 3.8) is 0 Å². The summed E-state index contributed by atoms with van der Waals surface area (Å²) in [6, 6.07) is 10.6. The van der Waals surface area contributed by atoms with E-state index < -0.39 is 11.7 Å². The predicted octanol–water partition coefficient (Wildman–Crippen LogP) is 5.65. The van der Waals surface area contributed by atoms with Gasteiger partial charge in [0.25, 0.3) is 0 Å². The fourth-order valence-electron chi connectivity index (χ4n) is 3.12. The van der Waals surface area contributed by atoms with Crippen molar-refractivity contribution in [1.82, 2.24) is 14.8 Å². The zero-order valence-electron chi connectivity index (χ0n) is 17.2. The Hall–Kier alpha value is -3.68. The lowest BCUT2D eigenvalue weighted by Gasteiger charge is -2.14. The molecule has 5 nitrogen and oxygen atoms in total. The Bertz CT molecular complexity index is 1160. The number of carbonyl (C=O) groups is 1. The Morgan fingerprint density at radius 1 is 1.06 bits per heavy atom. The molecule has 0 bridgehead atoms. The van der Waals surface area contributed by atoms with Crippen molar-refractivity contribution in [1.29, 1.82) is 0 Å². The summed E-state index contributed by atoms with van der Waals surface area (Å²) in [5, 5.41) is 7.20. The normalized spacial score (nSPS) is 12.7. The minimum Gasteiger partial charge on any atom is -0.325 e. The van der Waals surface area contributed by atoms with Gasteiger partial charge in [-0.3, -0.25) is 9.48 Å². The molecule has 1 aromatic carbocycles. The fraction of sp³-hybridized carbons (Fsp3) is 0.174. The van der Waals surface area contributed by atoms with Gasteiger partial charge in [0, 0.05) is 19.3 Å². The number of allylic oxidation sites excluding steroid dienone is 4. The molecule has 2 aromatic heterocycles. The minimum absolute atomic E-state index is 0.0618. The summed E-state index contributed by atoms with van der Waals surface area (Å²) in [4.78, 5) is 16.1. The molecule has 0 radical (unpaired) electrons. The van der Waals surface area contributed by atoms with E-state index in [4.69, 9.17) is 0 Å². The van der Waals surface area contributed by atoms with Crippen molar-refractivity contribution in [2.45, 2.75) is 20.0 Å². The van der Waals surface area contributed by atoms with Crippen LogP contribution in [0.5, 0.6) is 0 Å². The van der Waals surface area contributed by atoms with Crippen molar-refractivity contribution in [2.75, 3.05) is 5.32 Å². The highest BCUT2D eigenvalue weighted by Crippen LogP contribution is 2.35. The fourth-order valence-corrected chi connectivity index (χ4v) is 3.12. The Morgan fingerprint density at radius 2 is 1.81 bits per heavy atom. The van der Waals surface area contributed by atoms with Gasteiger partial charge in [0.05, 0.1) is 11.8 Å². The molecular weight excluding hydrogens is 405 g/mol. The highest BCUT2D eigenvalue weighted by molar-refractivity contribution is 5.99. The Kier molecular flexibility index (Phi) is 6.39. The van der Waals surface area contributed by atoms with Crippen LogP contribution in [0, 0.1) is 0 Å². The Labute approximate surface area is 177 Å². The molecule has 0 unspecified atom stereocenters. The summed E-state index contributed by atoms with van der Waals surface area (Å²) < 4.78 is 41.9. The molecule has 0 fully saturated rings. The second kappa shape index (κ2) is 8.99. The standard InChI is InChI=1S/C23H21F3N4O/c1-15(19-6-4-5-7-20(19)23(24,25)26)12-18(13-16(2)31)17-8-10-27-21(14-17)29-22-9-11-28-30(22)3/h4-14H,1-3H3,(H,27,29)/b15-12+,18-13+. The van der Waals surface area contributed by atoms with E-state index in [1.54, 1.807) is 61.4 Å². The molecule has 1 N–H and O–H groups in total. The van der Waals surface area contributed by atoms with Gasteiger partial charge < -0.3 is 5.32 Å². The number of benzene rings is 1. The van der Waals surface area contributed by atoms with E-state index in [1.807, 2.05) is 0 Å². The average molecular weight is 426 g/mol. The second-order valence-electron chi connectivity index (χ2n) is 6.98. The number of rotatable bonds is 6. The lowest BCUT2D eigenvalue weighted by molar-refractivity contribution is -0.137. The highest BCUT2D eigenvalue weighted by atomic mass is 19.4. The van der Waals surface area contributed by atoms with Gasteiger partial charge in [0.2, 0.25) is 0 Å². The maximum atomic E-state index is 13.4. The summed E-state index contributed by atoms with van der Waals surface area (Å²) in [5.41, 5.74) is 0.848. The molecule has 2 heterocycles. The first-order valence-corrected chi connectivity index (χ1v) is 9.44. The van der Waals surface area contributed by atoms with Crippen LogP contribution in [-0.4, -0.2) is 20.5 Å². The number of pyridine rings is 1. The number of carbonyl (C=O) groups excluding carboxylic acids is 1. The van der Waals surface area contributed by atoms with Gasteiger partial charge in [-0.25, -0.2) is 4.98 Å². The van der Waals surface area contributed by atoms with E-state index in [0.717, 1.165) is 6.07 Å². The molecule has 0 saturated heterocycles. The molecule has 160 valence electrons. The Morgan fingerprint density at radius 3 is 2.45 bits per heavy atom. The van der Waals surface area contributed by atoms with Crippen LogP contribution >= 0.6 is 0 Å². The molecule has 0 aliphatic heterocycles. The van der Waals surface area contributed by atoms with E-state index in [1.165, 1.54) is 25.1 Å². The molecule has 8 heteroatoms. The SMILES string of the molecule is CC(=O)/C=C(\C=C(/C)c1ccccc1C(F)(F)F)c1ccnc(Nc2ccnn2C)c1. The summed E-state index contributed by atoms with van der Waals surface area (Å²) in [6.07, 6.45) is 1.69. The van der Waals surface area contributed by atoms with Gasteiger partial charge in [0.1, 0.15) is 11.6 Å². The van der Waals surface area contributed by atoms with Crippen LogP contribution in [0.1, 0.15) is 30.5 Å². The molecular formula is C23H21F3N4O. The molecule has 3 rings (SSSR count). The number of anilines is 2. The number of ketones is 1. The van der Waals surface area contributed by atoms with Gasteiger partial charge in [0.15, 0.2) is 5.78 Å². The predicted molar refractivity (Wildman–Crippen MR) is 114 cm³/mol. The summed E-state index contributed by atoms with van der Waals surface area (Å²) in [6.45, 7) is 2.98. The van der Waals surface area contributed by atoms with E-state index in [0.29, 0.717) is 28.3 Å². The van der Waals surface area contributed by atoms with E-state index in [2.05, 4.69) is 15.4 Å². The number of hydrogen-bond donors (Lipinski definition) is 1. The number of nitrogens with one attached hydrogen (secondary N) is 1. The molecule has 0 aliphatic rings. The molecule has 0 spiro atoms. The first-order chi connectivity index (χ1) is 14.6. The van der Waals surface area contributed by atoms with Gasteiger partial charge in [-0.1, -0.05) is 24.3 Å². The van der Waals surface area contributed by atoms with Gasteiger partial charge in [-0.2, -0.15) is 18.3 Å². The van der Waals surface area contributed by atoms with Crippen LogP contribution < -0.4 is 5.32 Å². The van der Waals surface area contributed by atoms with Crippen LogP contribution in [0.25, 0.3) is 11.1 Å². The smallest absolute Gasteiger partial charge is 0.325 e. The molecule has 0 saturated carbocycles. The van der Waals surface area contributed by atoms with Crippen molar-refractivity contribution < 1.29 is 18.0 Å². The third-order valence-electron chi connectivity index (χ3n) is 4.56. The maximum Gasteiger partial charge on any atom is 0.416 e. The van der Waals surface area contributed by atoms with Gasteiger partial charge in [-0.05, 0) is 60.4 Å². The van der Waals surface area contributed by atoms with Crippen LogP contribution in [-0.2, 0) is 18.0 Å². The largest absolute Gasteiger partial charge is 0.416 e. The van der Waals surface area contributed by atoms with Gasteiger partial charge >= 0.3 is 6.18 Å². The lowest BCUT2D eigenvalue weighted by atomic mass is 9.96. The van der Waals surface area contributed by atoms with Crippen LogP contribution in [0.15, 0.2) is 67.0 Å². The van der Waals surface area contributed by atoms with Crippen molar-refractivity contribution >= 4 is 28.6 Å². The number of halogens is 3. The topological polar surface area (TPSA) is 59.8 Å². The first kappa shape index (κ1) is 22.0. The monoisotopic (exact) mass is 426 g/mol. The summed E-state index contributed by atoms with van der Waals surface area (Å²) in [5.74, 6) is 1.01. The average Bonchev–Trinajstić information content (AvgIpc) is 3.11. The van der Waals surface area contributed by atoms with Crippen molar-refractivity contribution in [3.8, 4) is 0 Å². The molecule has 0 amide bonds. The molecule has 0 atom stereocenters. The first-order valence-electron chi connectivity index (χ1n) is 9.44. The number of aryl methyl sites for hydroxylation is 1. The summed E-state index contributed by atoms with van der Waals surface area (Å²) >= 11 is 0. The second-order valence-corrected chi connectivity index (χ2v) is 6.98. The Balaban J connectivity index is 2.02. The number of aromatic nitrogens is 3. The highest BCUT2D eigenvalue weighted by Gasteiger charge is 2.33. The zero-order valence-corrected chi connectivity index (χ0v) is 17.2. The van der Waals surface area contributed by atoms with Crippen LogP contribution in [0.3, 0.4) is 0 Å². The van der Waals surface area contributed by atoms with Crippen LogP contribution in [0.4, 0.5) is 24.8 Å². The number of nitrogens with zero attached hydrogens (tertiary/aromatic N) is 3. The van der Waals surface area contributed by atoms with Gasteiger partial charge in [-0.15, -0.1) is 0 Å². The minimum atomic E-state index is -4.48. The number of alkyl halides is 3. The van der Waals surface area contributed by atoms with Crippen molar-refractivity contribution in [2.24, 2.45) is 7.05 Å². The number of hydrogen-bond acceptors (Lipinski definition) is 4. The lowest BCUT2D eigenvalue weighted by Crippen LogP contribution is -2.08. The zero-order chi connectivity index (χ0) is 22.6. The maximum absolute atomic E-state index is 13.4. The molecule has 3 aromatic rings. The molecule has 31 heavy (non-hydrogen) atoms. The molecule has 0 aliphatic carbocycles. The van der Waals surface area contributed by atoms with E-state index >= 15 is 0 Å².